The molecule has 4 fully saturated rings. The summed E-state index contributed by atoms with van der Waals surface area (Å²) in [6.07, 6.45) is 1.52. The quantitative estimate of drug-likeness (QED) is 0.573. The van der Waals surface area contributed by atoms with Crippen molar-refractivity contribution < 1.29 is 0 Å². The van der Waals surface area contributed by atoms with Gasteiger partial charge in [-0.3, -0.25) is 0 Å². The van der Waals surface area contributed by atoms with Crippen LogP contribution >= 0.6 is 0 Å². The lowest BCUT2D eigenvalue weighted by Gasteiger charge is -2.98. The van der Waals surface area contributed by atoms with Gasteiger partial charge in [0.2, 0.25) is 0 Å². The Kier molecular flexibility index (Phi) is 1.44. The Labute approximate surface area is 107 Å². The summed E-state index contributed by atoms with van der Waals surface area (Å²) >= 11 is 0. The Balaban J connectivity index is 1.82. The van der Waals surface area contributed by atoms with Crippen molar-refractivity contribution in [2.24, 2.45) is 51.2 Å². The second-order valence-corrected chi connectivity index (χ2v) is 8.99. The summed E-state index contributed by atoms with van der Waals surface area (Å²) in [6.45, 7) is 18.0. The highest BCUT2D eigenvalue weighted by Crippen LogP contribution is 2.98. The summed E-state index contributed by atoms with van der Waals surface area (Å²) in [5, 5.41) is 0. The molecule has 0 heterocycles. The molecule has 0 aromatic carbocycles. The molecule has 4 aliphatic rings. The molecule has 4 saturated carbocycles. The zero-order chi connectivity index (χ0) is 12.6. The van der Waals surface area contributed by atoms with E-state index in [1.807, 2.05) is 0 Å². The topological polar surface area (TPSA) is 0 Å². The Hall–Kier alpha value is 0. The third-order valence-corrected chi connectivity index (χ3v) is 9.77. The smallest absolute Gasteiger partial charge is 0.0171 e. The van der Waals surface area contributed by atoms with E-state index in [1.165, 1.54) is 6.42 Å². The minimum Gasteiger partial charge on any atom is -0.0619 e. The largest absolute Gasteiger partial charge is 0.0619 e. The standard InChI is InChI=1S/C17H28/c1-9-8-11-13-12-10(2)14(3,4)16(12,6)17(13,7)15(9,11)5/h9-13H,8H2,1-7H3/t9-,10?,11-,12+,13-,15-,16-,17+/m0/s1. The molecule has 0 spiro atoms. The van der Waals surface area contributed by atoms with E-state index in [-0.39, 0.29) is 0 Å². The highest BCUT2D eigenvalue weighted by molar-refractivity contribution is 5.40. The van der Waals surface area contributed by atoms with Crippen LogP contribution in [0.2, 0.25) is 0 Å². The zero-order valence-corrected chi connectivity index (χ0v) is 12.6. The van der Waals surface area contributed by atoms with Crippen molar-refractivity contribution in [3.8, 4) is 0 Å². The van der Waals surface area contributed by atoms with Gasteiger partial charge in [0.05, 0.1) is 0 Å². The predicted octanol–water partition coefficient (Wildman–Crippen LogP) is 4.60. The zero-order valence-electron chi connectivity index (χ0n) is 12.6. The Morgan fingerprint density at radius 1 is 0.824 bits per heavy atom. The van der Waals surface area contributed by atoms with Crippen molar-refractivity contribution in [1.82, 2.24) is 0 Å². The molecule has 0 heteroatoms. The lowest BCUT2D eigenvalue weighted by molar-refractivity contribution is -0.510. The van der Waals surface area contributed by atoms with Crippen LogP contribution in [0.25, 0.3) is 0 Å². The van der Waals surface area contributed by atoms with E-state index >= 15 is 0 Å². The first-order valence-electron chi connectivity index (χ1n) is 7.66. The molecule has 4 aliphatic carbocycles. The third kappa shape index (κ3) is 0.588. The summed E-state index contributed by atoms with van der Waals surface area (Å²) < 4.78 is 0. The molecule has 0 nitrogen and oxygen atoms in total. The second-order valence-electron chi connectivity index (χ2n) is 8.99. The van der Waals surface area contributed by atoms with Crippen molar-refractivity contribution in [1.29, 1.82) is 0 Å². The number of hydrogen-bond donors (Lipinski definition) is 0. The predicted molar refractivity (Wildman–Crippen MR) is 71.5 cm³/mol. The molecule has 0 aliphatic heterocycles. The Morgan fingerprint density at radius 2 is 1.41 bits per heavy atom. The van der Waals surface area contributed by atoms with Crippen molar-refractivity contribution in [2.75, 3.05) is 0 Å². The molecule has 0 saturated heterocycles. The summed E-state index contributed by atoms with van der Waals surface area (Å²) in [7, 11) is 0. The SMILES string of the molecule is CC1[C@@H]2[C@@H]3[C@@H]4C[C@H](C)[C@]4(C)[C@]3(C)[C@]2(C)C1(C)C. The molecule has 17 heavy (non-hydrogen) atoms. The van der Waals surface area contributed by atoms with Crippen LogP contribution in [0.1, 0.15) is 54.9 Å². The van der Waals surface area contributed by atoms with Gasteiger partial charge in [-0.15, -0.1) is 0 Å². The Morgan fingerprint density at radius 3 is 1.94 bits per heavy atom. The van der Waals surface area contributed by atoms with Crippen LogP contribution in [0.5, 0.6) is 0 Å². The van der Waals surface area contributed by atoms with Crippen LogP contribution in [-0.4, -0.2) is 0 Å². The van der Waals surface area contributed by atoms with Gasteiger partial charge in [0.1, 0.15) is 0 Å². The van der Waals surface area contributed by atoms with Crippen LogP contribution in [-0.2, 0) is 0 Å². The maximum Gasteiger partial charge on any atom is -0.0171 e. The maximum atomic E-state index is 2.65. The summed E-state index contributed by atoms with van der Waals surface area (Å²) in [5.41, 5.74) is 2.53. The van der Waals surface area contributed by atoms with Crippen LogP contribution in [0.3, 0.4) is 0 Å². The number of fused-ring (bicyclic) bond motifs is 7. The van der Waals surface area contributed by atoms with E-state index in [0.717, 1.165) is 29.6 Å². The van der Waals surface area contributed by atoms with Crippen molar-refractivity contribution >= 4 is 0 Å². The summed E-state index contributed by atoms with van der Waals surface area (Å²) in [4.78, 5) is 0. The van der Waals surface area contributed by atoms with Crippen molar-refractivity contribution in [3.63, 3.8) is 0 Å². The molecule has 0 amide bonds. The van der Waals surface area contributed by atoms with Gasteiger partial charge in [-0.05, 0) is 57.7 Å². The Bertz CT molecular complexity index is 422. The van der Waals surface area contributed by atoms with Crippen molar-refractivity contribution in [2.45, 2.75) is 54.9 Å². The lowest BCUT2D eigenvalue weighted by atomic mass is 9.06. The van der Waals surface area contributed by atoms with Gasteiger partial charge in [-0.25, -0.2) is 0 Å². The molecule has 4 rings (SSSR count). The number of rotatable bonds is 0. The molecule has 0 aromatic rings. The lowest BCUT2D eigenvalue weighted by Crippen LogP contribution is -2.94. The van der Waals surface area contributed by atoms with Crippen LogP contribution in [0.4, 0.5) is 0 Å². The van der Waals surface area contributed by atoms with Gasteiger partial charge in [0, 0.05) is 0 Å². The average Bonchev–Trinajstić information content (AvgIpc) is 2.29. The van der Waals surface area contributed by atoms with Crippen molar-refractivity contribution in [3.05, 3.63) is 0 Å². The molecule has 0 radical (unpaired) electrons. The molecular formula is C17H28. The maximum absolute atomic E-state index is 2.65. The van der Waals surface area contributed by atoms with Gasteiger partial charge in [0.25, 0.3) is 0 Å². The minimum atomic E-state index is 0.562. The first-order chi connectivity index (χ1) is 7.66. The van der Waals surface area contributed by atoms with E-state index in [1.54, 1.807) is 0 Å². The molecule has 0 aromatic heterocycles. The van der Waals surface area contributed by atoms with Gasteiger partial charge in [0.15, 0.2) is 0 Å². The van der Waals surface area contributed by atoms with Gasteiger partial charge >= 0.3 is 0 Å². The first kappa shape index (κ1) is 10.9. The van der Waals surface area contributed by atoms with E-state index in [0.29, 0.717) is 21.7 Å². The number of hydrogen-bond acceptors (Lipinski definition) is 0. The average molecular weight is 232 g/mol. The van der Waals surface area contributed by atoms with Gasteiger partial charge < -0.3 is 0 Å². The molecular weight excluding hydrogens is 204 g/mol. The van der Waals surface area contributed by atoms with Crippen LogP contribution < -0.4 is 0 Å². The highest BCUT2D eigenvalue weighted by Gasteiger charge is 2.93. The van der Waals surface area contributed by atoms with E-state index < -0.39 is 0 Å². The van der Waals surface area contributed by atoms with Gasteiger partial charge in [-0.2, -0.15) is 0 Å². The molecule has 0 bridgehead atoms. The third-order valence-electron chi connectivity index (χ3n) is 9.77. The van der Waals surface area contributed by atoms with E-state index in [2.05, 4.69) is 48.5 Å². The summed E-state index contributed by atoms with van der Waals surface area (Å²) in [5.74, 6) is 5.13. The normalized spacial score (nSPS) is 73.9. The molecule has 96 valence electrons. The summed E-state index contributed by atoms with van der Waals surface area (Å²) in [6, 6.07) is 0. The molecule has 1 unspecified atom stereocenters. The van der Waals surface area contributed by atoms with Crippen LogP contribution in [0.15, 0.2) is 0 Å². The molecule has 0 N–H and O–H groups in total. The second kappa shape index (κ2) is 2.25. The fraction of sp³-hybridized carbons (Fsp3) is 1.00. The fourth-order valence-corrected chi connectivity index (χ4v) is 8.02. The monoisotopic (exact) mass is 232 g/mol. The highest BCUT2D eigenvalue weighted by atomic mass is 15.0. The minimum absolute atomic E-state index is 0.562. The first-order valence-corrected chi connectivity index (χ1v) is 7.66. The molecule has 8 atom stereocenters. The van der Waals surface area contributed by atoms with E-state index in [9.17, 15) is 0 Å². The fourth-order valence-electron chi connectivity index (χ4n) is 8.02. The van der Waals surface area contributed by atoms with Gasteiger partial charge in [-0.1, -0.05) is 48.5 Å². The van der Waals surface area contributed by atoms with Crippen LogP contribution in [0, 0.1) is 51.2 Å². The van der Waals surface area contributed by atoms with E-state index in [4.69, 9.17) is 0 Å².